The molecule has 0 aliphatic carbocycles. The van der Waals surface area contributed by atoms with Gasteiger partial charge in [0.05, 0.1) is 5.69 Å². The van der Waals surface area contributed by atoms with Crippen LogP contribution in [0.5, 0.6) is 0 Å². The summed E-state index contributed by atoms with van der Waals surface area (Å²) in [6.07, 6.45) is 7.40. The first-order chi connectivity index (χ1) is 10.7. The lowest BCUT2D eigenvalue weighted by Crippen LogP contribution is -2.38. The molecule has 0 fully saturated rings. The van der Waals surface area contributed by atoms with Crippen LogP contribution in [0.25, 0.3) is 5.65 Å². The fraction of sp³-hybridized carbons (Fsp3) is 0.529. The van der Waals surface area contributed by atoms with Gasteiger partial charge in [0.25, 0.3) is 0 Å². The summed E-state index contributed by atoms with van der Waals surface area (Å²) in [7, 11) is 1.81. The van der Waals surface area contributed by atoms with Crippen LogP contribution in [-0.2, 0) is 6.42 Å². The summed E-state index contributed by atoms with van der Waals surface area (Å²) in [5, 5.41) is 6.69. The van der Waals surface area contributed by atoms with Crippen LogP contribution in [-0.4, -0.2) is 35.5 Å². The highest BCUT2D eigenvalue weighted by Gasteiger charge is 2.02. The van der Waals surface area contributed by atoms with Crippen molar-refractivity contribution in [1.82, 2.24) is 20.0 Å². The Balaban J connectivity index is 1.72. The van der Waals surface area contributed by atoms with Gasteiger partial charge in [0.15, 0.2) is 5.96 Å². The molecule has 0 bridgehead atoms. The summed E-state index contributed by atoms with van der Waals surface area (Å²) in [6, 6.07) is 6.04. The Morgan fingerprint density at radius 2 is 2.09 bits per heavy atom. The number of guanidine groups is 1. The molecule has 0 saturated heterocycles. The molecule has 120 valence electrons. The largest absolute Gasteiger partial charge is 0.356 e. The van der Waals surface area contributed by atoms with Crippen LogP contribution >= 0.6 is 0 Å². The SMILES string of the molecule is CN=C(NCCCC(C)C)NCCc1cn2ccccc2n1. The number of aromatic nitrogens is 2. The van der Waals surface area contributed by atoms with Crippen molar-refractivity contribution in [3.8, 4) is 0 Å². The predicted molar refractivity (Wildman–Crippen MR) is 92.3 cm³/mol. The highest BCUT2D eigenvalue weighted by Crippen LogP contribution is 2.04. The second kappa shape index (κ2) is 8.41. The average Bonchev–Trinajstić information content (AvgIpc) is 2.92. The normalized spacial score (nSPS) is 12.1. The van der Waals surface area contributed by atoms with Crippen LogP contribution in [0.15, 0.2) is 35.6 Å². The fourth-order valence-electron chi connectivity index (χ4n) is 2.35. The standard InChI is InChI=1S/C17H27N5/c1-14(2)7-6-10-19-17(18-3)20-11-9-15-13-22-12-5-4-8-16(22)21-15/h4-5,8,12-14H,6-7,9-11H2,1-3H3,(H2,18,19,20). The van der Waals surface area contributed by atoms with Crippen LogP contribution in [0.4, 0.5) is 0 Å². The number of fused-ring (bicyclic) bond motifs is 1. The number of aliphatic imine (C=N–C) groups is 1. The van der Waals surface area contributed by atoms with E-state index in [1.807, 2.05) is 35.8 Å². The van der Waals surface area contributed by atoms with Crippen LogP contribution in [0, 0.1) is 5.92 Å². The Labute approximate surface area is 132 Å². The third-order valence-corrected chi connectivity index (χ3v) is 3.56. The van der Waals surface area contributed by atoms with E-state index in [0.29, 0.717) is 0 Å². The van der Waals surface area contributed by atoms with Crippen molar-refractivity contribution < 1.29 is 0 Å². The molecular formula is C17H27N5. The Morgan fingerprint density at radius 3 is 2.82 bits per heavy atom. The summed E-state index contributed by atoms with van der Waals surface area (Å²) in [5.41, 5.74) is 2.09. The summed E-state index contributed by atoms with van der Waals surface area (Å²) in [5.74, 6) is 1.62. The molecule has 0 spiro atoms. The molecule has 0 unspecified atom stereocenters. The van der Waals surface area contributed by atoms with Crippen molar-refractivity contribution >= 4 is 11.6 Å². The maximum Gasteiger partial charge on any atom is 0.190 e. The highest BCUT2D eigenvalue weighted by atomic mass is 15.2. The van der Waals surface area contributed by atoms with Gasteiger partial charge in [-0.25, -0.2) is 4.98 Å². The molecule has 2 aromatic rings. The van der Waals surface area contributed by atoms with Crippen molar-refractivity contribution in [2.24, 2.45) is 10.9 Å². The molecule has 22 heavy (non-hydrogen) atoms. The summed E-state index contributed by atoms with van der Waals surface area (Å²) in [4.78, 5) is 8.84. The molecule has 2 N–H and O–H groups in total. The molecular weight excluding hydrogens is 274 g/mol. The van der Waals surface area contributed by atoms with E-state index in [1.54, 1.807) is 0 Å². The van der Waals surface area contributed by atoms with Crippen molar-refractivity contribution in [2.45, 2.75) is 33.1 Å². The summed E-state index contributed by atoms with van der Waals surface area (Å²) in [6.45, 7) is 6.30. The van der Waals surface area contributed by atoms with Gasteiger partial charge in [-0.3, -0.25) is 4.99 Å². The third kappa shape index (κ3) is 5.06. The quantitative estimate of drug-likeness (QED) is 0.469. The van der Waals surface area contributed by atoms with E-state index in [2.05, 4.69) is 40.7 Å². The number of hydrogen-bond acceptors (Lipinski definition) is 2. The fourth-order valence-corrected chi connectivity index (χ4v) is 2.35. The monoisotopic (exact) mass is 301 g/mol. The Kier molecular flexibility index (Phi) is 6.25. The molecule has 5 nitrogen and oxygen atoms in total. The Hall–Kier alpha value is -2.04. The molecule has 2 aromatic heterocycles. The minimum absolute atomic E-state index is 0.756. The Morgan fingerprint density at radius 1 is 1.27 bits per heavy atom. The lowest BCUT2D eigenvalue weighted by molar-refractivity contribution is 0.549. The van der Waals surface area contributed by atoms with Gasteiger partial charge < -0.3 is 15.0 Å². The zero-order valence-corrected chi connectivity index (χ0v) is 13.8. The van der Waals surface area contributed by atoms with Crippen LogP contribution < -0.4 is 10.6 Å². The predicted octanol–water partition coefficient (Wildman–Crippen LogP) is 2.48. The third-order valence-electron chi connectivity index (χ3n) is 3.56. The Bertz CT molecular complexity index is 567. The molecule has 0 radical (unpaired) electrons. The van der Waals surface area contributed by atoms with Gasteiger partial charge in [0.2, 0.25) is 0 Å². The molecule has 0 amide bonds. The molecule has 0 aliphatic heterocycles. The van der Waals surface area contributed by atoms with Gasteiger partial charge in [-0.05, 0) is 30.9 Å². The van der Waals surface area contributed by atoms with Gasteiger partial charge in [-0.1, -0.05) is 19.9 Å². The van der Waals surface area contributed by atoms with E-state index < -0.39 is 0 Å². The lowest BCUT2D eigenvalue weighted by atomic mass is 10.1. The zero-order chi connectivity index (χ0) is 15.8. The maximum atomic E-state index is 4.59. The molecule has 2 heterocycles. The second-order valence-corrected chi connectivity index (χ2v) is 5.91. The lowest BCUT2D eigenvalue weighted by Gasteiger charge is -2.11. The van der Waals surface area contributed by atoms with E-state index in [1.165, 1.54) is 12.8 Å². The maximum absolute atomic E-state index is 4.59. The van der Waals surface area contributed by atoms with Crippen molar-refractivity contribution in [3.63, 3.8) is 0 Å². The topological polar surface area (TPSA) is 53.7 Å². The number of nitrogens with zero attached hydrogens (tertiary/aromatic N) is 3. The molecule has 0 aromatic carbocycles. The van der Waals surface area contributed by atoms with Crippen molar-refractivity contribution in [2.75, 3.05) is 20.1 Å². The van der Waals surface area contributed by atoms with Gasteiger partial charge in [0.1, 0.15) is 5.65 Å². The number of rotatable bonds is 7. The van der Waals surface area contributed by atoms with E-state index in [9.17, 15) is 0 Å². The summed E-state index contributed by atoms with van der Waals surface area (Å²) < 4.78 is 2.05. The molecule has 5 heteroatoms. The minimum atomic E-state index is 0.756. The number of imidazole rings is 1. The first-order valence-electron chi connectivity index (χ1n) is 8.06. The zero-order valence-electron chi connectivity index (χ0n) is 13.8. The van der Waals surface area contributed by atoms with Gasteiger partial charge >= 0.3 is 0 Å². The van der Waals surface area contributed by atoms with E-state index in [0.717, 1.165) is 42.7 Å². The second-order valence-electron chi connectivity index (χ2n) is 5.91. The molecule has 0 atom stereocenters. The molecule has 0 saturated carbocycles. The number of hydrogen-bond donors (Lipinski definition) is 2. The molecule has 0 aliphatic rings. The van der Waals surface area contributed by atoms with Crippen molar-refractivity contribution in [3.05, 3.63) is 36.3 Å². The average molecular weight is 301 g/mol. The van der Waals surface area contributed by atoms with Gasteiger partial charge in [-0.15, -0.1) is 0 Å². The van der Waals surface area contributed by atoms with Crippen LogP contribution in [0.2, 0.25) is 0 Å². The number of pyridine rings is 1. The van der Waals surface area contributed by atoms with Gasteiger partial charge in [-0.2, -0.15) is 0 Å². The van der Waals surface area contributed by atoms with Crippen molar-refractivity contribution in [1.29, 1.82) is 0 Å². The number of nitrogens with one attached hydrogen (secondary N) is 2. The van der Waals surface area contributed by atoms with Crippen LogP contribution in [0.3, 0.4) is 0 Å². The highest BCUT2D eigenvalue weighted by molar-refractivity contribution is 5.79. The van der Waals surface area contributed by atoms with E-state index >= 15 is 0 Å². The first kappa shape index (κ1) is 16.3. The van der Waals surface area contributed by atoms with E-state index in [4.69, 9.17) is 0 Å². The molecule has 2 rings (SSSR count). The minimum Gasteiger partial charge on any atom is -0.356 e. The first-order valence-corrected chi connectivity index (χ1v) is 8.06. The van der Waals surface area contributed by atoms with Crippen LogP contribution in [0.1, 0.15) is 32.4 Å². The van der Waals surface area contributed by atoms with Gasteiger partial charge in [0, 0.05) is 39.0 Å². The van der Waals surface area contributed by atoms with E-state index in [-0.39, 0.29) is 0 Å². The summed E-state index contributed by atoms with van der Waals surface area (Å²) >= 11 is 0. The smallest absolute Gasteiger partial charge is 0.190 e.